The van der Waals surface area contributed by atoms with Crippen molar-refractivity contribution in [2.45, 2.75) is 56.8 Å². The normalized spacial score (nSPS) is 20.6. The lowest BCUT2D eigenvalue weighted by Crippen LogP contribution is -2.41. The maximum absolute atomic E-state index is 13.8. The topological polar surface area (TPSA) is 69.0 Å². The van der Waals surface area contributed by atoms with Crippen molar-refractivity contribution in [3.63, 3.8) is 0 Å². The monoisotopic (exact) mass is 406 g/mol. The molecule has 1 aliphatic rings. The molecule has 0 aliphatic heterocycles. The van der Waals surface area contributed by atoms with Crippen molar-refractivity contribution in [1.82, 2.24) is 20.1 Å². The Morgan fingerprint density at radius 1 is 1.36 bits per heavy atom. The Hall–Kier alpha value is -2.09. The van der Waals surface area contributed by atoms with Gasteiger partial charge < -0.3 is 14.6 Å². The number of ether oxygens (including phenoxy) is 1. The first-order valence-corrected chi connectivity index (χ1v) is 10.7. The summed E-state index contributed by atoms with van der Waals surface area (Å²) >= 11 is 1.34. The third kappa shape index (κ3) is 5.04. The van der Waals surface area contributed by atoms with E-state index in [-0.39, 0.29) is 23.5 Å². The quantitative estimate of drug-likeness (QED) is 0.707. The Bertz CT molecular complexity index is 813. The third-order valence-corrected chi connectivity index (χ3v) is 6.18. The number of amides is 1. The van der Waals surface area contributed by atoms with E-state index < -0.39 is 11.9 Å². The van der Waals surface area contributed by atoms with Gasteiger partial charge in [0.15, 0.2) is 28.7 Å². The van der Waals surface area contributed by atoms with Crippen LogP contribution in [-0.2, 0) is 11.8 Å². The number of rotatable bonds is 7. The van der Waals surface area contributed by atoms with Crippen molar-refractivity contribution in [1.29, 1.82) is 0 Å². The summed E-state index contributed by atoms with van der Waals surface area (Å²) in [4.78, 5) is 12.3. The average molecular weight is 407 g/mol. The van der Waals surface area contributed by atoms with Crippen LogP contribution >= 0.6 is 11.8 Å². The molecule has 1 aromatic carbocycles. The standard InChI is InChI=1S/C20H27FN4O2S/c1-13-8-4-6-10-16(13)22-18(26)12-28-20-24-23-19(25(20)3)14(2)27-17-11-7-5-9-15(17)21/h5,7,9,11,13-14,16H,4,6,8,10,12H2,1-3H3,(H,22,26). The van der Waals surface area contributed by atoms with Gasteiger partial charge in [0.25, 0.3) is 0 Å². The number of hydrogen-bond donors (Lipinski definition) is 1. The molecule has 0 spiro atoms. The van der Waals surface area contributed by atoms with Crippen LogP contribution in [0.2, 0.25) is 0 Å². The summed E-state index contributed by atoms with van der Waals surface area (Å²) < 4.78 is 21.2. The van der Waals surface area contributed by atoms with Crippen LogP contribution in [0.15, 0.2) is 29.4 Å². The van der Waals surface area contributed by atoms with Gasteiger partial charge in [-0.1, -0.05) is 43.7 Å². The Balaban J connectivity index is 1.55. The van der Waals surface area contributed by atoms with Gasteiger partial charge in [0, 0.05) is 13.1 Å². The Kier molecular flexibility index (Phi) is 6.93. The highest BCUT2D eigenvalue weighted by Crippen LogP contribution is 2.26. The molecule has 0 radical (unpaired) electrons. The minimum Gasteiger partial charge on any atom is -0.480 e. The number of hydrogen-bond acceptors (Lipinski definition) is 5. The Morgan fingerprint density at radius 2 is 2.11 bits per heavy atom. The van der Waals surface area contributed by atoms with Gasteiger partial charge in [-0.25, -0.2) is 4.39 Å². The van der Waals surface area contributed by atoms with Crippen LogP contribution < -0.4 is 10.1 Å². The van der Waals surface area contributed by atoms with Crippen molar-refractivity contribution >= 4 is 17.7 Å². The molecular weight excluding hydrogens is 379 g/mol. The summed E-state index contributed by atoms with van der Waals surface area (Å²) in [6, 6.07) is 6.53. The van der Waals surface area contributed by atoms with E-state index in [0.717, 1.165) is 6.42 Å². The van der Waals surface area contributed by atoms with Crippen molar-refractivity contribution < 1.29 is 13.9 Å². The van der Waals surface area contributed by atoms with E-state index in [9.17, 15) is 9.18 Å². The molecule has 1 saturated carbocycles. The lowest BCUT2D eigenvalue weighted by atomic mass is 9.86. The number of nitrogens with one attached hydrogen (secondary N) is 1. The fourth-order valence-corrected chi connectivity index (χ4v) is 4.23. The first-order valence-electron chi connectivity index (χ1n) is 9.68. The zero-order valence-corrected chi connectivity index (χ0v) is 17.3. The first kappa shape index (κ1) is 20.6. The predicted octanol–water partition coefficient (Wildman–Crippen LogP) is 3.88. The van der Waals surface area contributed by atoms with E-state index in [0.29, 0.717) is 16.9 Å². The van der Waals surface area contributed by atoms with Crippen molar-refractivity contribution in [3.05, 3.63) is 35.9 Å². The van der Waals surface area contributed by atoms with Crippen LogP contribution in [0.25, 0.3) is 0 Å². The molecule has 1 fully saturated rings. The van der Waals surface area contributed by atoms with Crippen molar-refractivity contribution in [2.75, 3.05) is 5.75 Å². The lowest BCUT2D eigenvalue weighted by Gasteiger charge is -2.29. The van der Waals surface area contributed by atoms with Crippen LogP contribution in [0.1, 0.15) is 51.5 Å². The van der Waals surface area contributed by atoms with E-state index in [1.807, 2.05) is 7.05 Å². The fraction of sp³-hybridized carbons (Fsp3) is 0.550. The number of benzene rings is 1. The molecule has 1 aromatic heterocycles. The second kappa shape index (κ2) is 9.41. The molecule has 28 heavy (non-hydrogen) atoms. The van der Waals surface area contributed by atoms with Crippen molar-refractivity contribution in [2.24, 2.45) is 13.0 Å². The smallest absolute Gasteiger partial charge is 0.230 e. The molecular formula is C20H27FN4O2S. The van der Waals surface area contributed by atoms with E-state index in [1.54, 1.807) is 29.7 Å². The SMILES string of the molecule is CC(Oc1ccccc1F)c1nnc(SCC(=O)NC2CCCCC2C)n1C. The molecule has 2 aromatic rings. The molecule has 3 atom stereocenters. The molecule has 0 saturated heterocycles. The summed E-state index contributed by atoms with van der Waals surface area (Å²) in [5, 5.41) is 12.1. The van der Waals surface area contributed by atoms with E-state index >= 15 is 0 Å². The highest BCUT2D eigenvalue weighted by atomic mass is 32.2. The summed E-state index contributed by atoms with van der Waals surface area (Å²) in [5.41, 5.74) is 0. The zero-order chi connectivity index (χ0) is 20.1. The zero-order valence-electron chi connectivity index (χ0n) is 16.5. The van der Waals surface area contributed by atoms with E-state index in [1.165, 1.54) is 37.1 Å². The minimum absolute atomic E-state index is 0.0176. The number of para-hydroxylation sites is 1. The molecule has 6 nitrogen and oxygen atoms in total. The van der Waals surface area contributed by atoms with Crippen LogP contribution in [0, 0.1) is 11.7 Å². The molecule has 3 unspecified atom stereocenters. The largest absolute Gasteiger partial charge is 0.480 e. The fourth-order valence-electron chi connectivity index (χ4n) is 3.50. The van der Waals surface area contributed by atoms with Gasteiger partial charge in [0.05, 0.1) is 5.75 Å². The van der Waals surface area contributed by atoms with Gasteiger partial charge in [-0.2, -0.15) is 0 Å². The number of nitrogens with zero attached hydrogens (tertiary/aromatic N) is 3. The van der Waals surface area contributed by atoms with Gasteiger partial charge in [-0.15, -0.1) is 10.2 Å². The number of carbonyl (C=O) groups is 1. The van der Waals surface area contributed by atoms with Gasteiger partial charge in [0.2, 0.25) is 5.91 Å². The number of thioether (sulfide) groups is 1. The summed E-state index contributed by atoms with van der Waals surface area (Å²) in [7, 11) is 1.82. The summed E-state index contributed by atoms with van der Waals surface area (Å²) in [6.07, 6.45) is 4.17. The Morgan fingerprint density at radius 3 is 2.86 bits per heavy atom. The highest BCUT2D eigenvalue weighted by molar-refractivity contribution is 7.99. The van der Waals surface area contributed by atoms with Crippen LogP contribution in [0.3, 0.4) is 0 Å². The van der Waals surface area contributed by atoms with Crippen LogP contribution in [0.5, 0.6) is 5.75 Å². The molecule has 0 bridgehead atoms. The molecule has 3 rings (SSSR count). The third-order valence-electron chi connectivity index (χ3n) is 5.16. The van der Waals surface area contributed by atoms with Crippen LogP contribution in [-0.4, -0.2) is 32.5 Å². The van der Waals surface area contributed by atoms with Crippen molar-refractivity contribution in [3.8, 4) is 5.75 Å². The van der Waals surface area contributed by atoms with Gasteiger partial charge >= 0.3 is 0 Å². The predicted molar refractivity (Wildman–Crippen MR) is 107 cm³/mol. The van der Waals surface area contributed by atoms with Gasteiger partial charge in [-0.3, -0.25) is 4.79 Å². The lowest BCUT2D eigenvalue weighted by molar-refractivity contribution is -0.119. The second-order valence-electron chi connectivity index (χ2n) is 7.31. The maximum Gasteiger partial charge on any atom is 0.230 e. The van der Waals surface area contributed by atoms with E-state index in [4.69, 9.17) is 4.74 Å². The number of carbonyl (C=O) groups excluding carboxylic acids is 1. The molecule has 1 heterocycles. The number of aromatic nitrogens is 3. The average Bonchev–Trinajstić information content (AvgIpc) is 3.04. The van der Waals surface area contributed by atoms with Crippen LogP contribution in [0.4, 0.5) is 4.39 Å². The first-order chi connectivity index (χ1) is 13.5. The molecule has 1 N–H and O–H groups in total. The van der Waals surface area contributed by atoms with Gasteiger partial charge in [0.1, 0.15) is 0 Å². The molecule has 152 valence electrons. The molecule has 1 amide bonds. The number of halogens is 1. The van der Waals surface area contributed by atoms with E-state index in [2.05, 4.69) is 22.4 Å². The minimum atomic E-state index is -0.472. The highest BCUT2D eigenvalue weighted by Gasteiger charge is 2.23. The second-order valence-corrected chi connectivity index (χ2v) is 8.26. The maximum atomic E-state index is 13.8. The summed E-state index contributed by atoms with van der Waals surface area (Å²) in [5.74, 6) is 1.17. The Labute approximate surface area is 169 Å². The molecule has 1 aliphatic carbocycles. The summed E-state index contributed by atoms with van der Waals surface area (Å²) in [6.45, 7) is 3.99. The molecule has 8 heteroatoms. The van der Waals surface area contributed by atoms with Gasteiger partial charge in [-0.05, 0) is 37.8 Å².